The zero-order chi connectivity index (χ0) is 31.7. The van der Waals surface area contributed by atoms with Crippen molar-refractivity contribution in [2.75, 3.05) is 32.8 Å². The van der Waals surface area contributed by atoms with E-state index in [-0.39, 0.29) is 24.3 Å². The van der Waals surface area contributed by atoms with E-state index in [9.17, 15) is 19.5 Å². The van der Waals surface area contributed by atoms with Crippen molar-refractivity contribution in [3.05, 3.63) is 61.2 Å². The zero-order valence-electron chi connectivity index (χ0n) is 26.9. The largest absolute Gasteiger partial charge is 0.396 e. The lowest BCUT2D eigenvalue weighted by Crippen LogP contribution is -2.56. The average Bonchev–Trinajstić information content (AvgIpc) is 3.64. The number of aliphatic hydroxyl groups excluding tert-OH is 1. The minimum absolute atomic E-state index is 0.0977. The first-order valence-corrected chi connectivity index (χ1v) is 16.8. The van der Waals surface area contributed by atoms with E-state index < -0.39 is 29.1 Å². The van der Waals surface area contributed by atoms with E-state index in [1.807, 2.05) is 42.2 Å². The molecule has 0 saturated carbocycles. The van der Waals surface area contributed by atoms with Crippen LogP contribution in [0.15, 0.2) is 55.6 Å². The molecule has 8 heteroatoms. The lowest BCUT2D eigenvalue weighted by Gasteiger charge is -2.37. The second-order valence-corrected chi connectivity index (χ2v) is 12.8. The molecule has 3 amide bonds. The van der Waals surface area contributed by atoms with Crippen molar-refractivity contribution in [2.45, 2.75) is 102 Å². The van der Waals surface area contributed by atoms with E-state index in [1.165, 1.54) is 0 Å². The van der Waals surface area contributed by atoms with Crippen LogP contribution in [0.2, 0.25) is 0 Å². The molecule has 3 aliphatic rings. The standard InChI is InChI=1S/C36H53N3O5/c1-5-9-15-24-37(22-6-2)34(43)31-36-21-20-35(8-4,44-36)29(30(36)33(42)39(31)25-16-10-11-17-26-40)32(41)38(23-7-3)27-28-18-13-12-14-19-28/h6-7,12-14,18-19,29-31,40H,2-3,5,8-11,15-17,20-27H2,1,4H3/t29-,30-,31?,35+,36?/m0/s1. The monoisotopic (exact) mass is 607 g/mol. The van der Waals surface area contributed by atoms with Crippen LogP contribution >= 0.6 is 0 Å². The van der Waals surface area contributed by atoms with Crippen molar-refractivity contribution >= 4 is 17.7 Å². The number of likely N-dealkylation sites (tertiary alicyclic amines) is 1. The highest BCUT2D eigenvalue weighted by molar-refractivity contribution is 5.99. The molecule has 1 aromatic carbocycles. The van der Waals surface area contributed by atoms with Gasteiger partial charge in [-0.25, -0.2) is 0 Å². The molecule has 1 spiro atoms. The number of unbranched alkanes of at least 4 members (excludes halogenated alkanes) is 5. The molecule has 3 aliphatic heterocycles. The predicted octanol–water partition coefficient (Wildman–Crippen LogP) is 5.11. The normalized spacial score (nSPS) is 26.9. The topological polar surface area (TPSA) is 90.4 Å². The highest BCUT2D eigenvalue weighted by Crippen LogP contribution is 2.64. The van der Waals surface area contributed by atoms with Crippen LogP contribution < -0.4 is 0 Å². The Kier molecular flexibility index (Phi) is 11.8. The lowest BCUT2D eigenvalue weighted by atomic mass is 9.64. The molecular weight excluding hydrogens is 554 g/mol. The van der Waals surface area contributed by atoms with Crippen molar-refractivity contribution in [3.63, 3.8) is 0 Å². The molecular formula is C36H53N3O5. The van der Waals surface area contributed by atoms with Crippen LogP contribution in [0.1, 0.15) is 83.6 Å². The van der Waals surface area contributed by atoms with E-state index in [4.69, 9.17) is 4.74 Å². The summed E-state index contributed by atoms with van der Waals surface area (Å²) in [6.45, 7) is 14.3. The summed E-state index contributed by atoms with van der Waals surface area (Å²) in [5.41, 5.74) is -0.814. The van der Waals surface area contributed by atoms with Gasteiger partial charge in [0.05, 0.1) is 17.4 Å². The summed E-state index contributed by atoms with van der Waals surface area (Å²) in [6, 6.07) is 9.09. The number of hydrogen-bond donors (Lipinski definition) is 1. The molecule has 1 aromatic rings. The Labute approximate surface area is 264 Å². The quantitative estimate of drug-likeness (QED) is 0.174. The predicted molar refractivity (Wildman–Crippen MR) is 172 cm³/mol. The molecule has 2 unspecified atom stereocenters. The Balaban J connectivity index is 1.71. The summed E-state index contributed by atoms with van der Waals surface area (Å²) >= 11 is 0. The second kappa shape index (κ2) is 15.3. The molecule has 1 N–H and O–H groups in total. The molecule has 4 rings (SSSR count). The first kappa shape index (κ1) is 33.9. The number of amides is 3. The van der Waals surface area contributed by atoms with Gasteiger partial charge in [-0.15, -0.1) is 13.2 Å². The van der Waals surface area contributed by atoms with Crippen LogP contribution in [-0.2, 0) is 25.7 Å². The van der Waals surface area contributed by atoms with Crippen LogP contribution in [0.3, 0.4) is 0 Å². The van der Waals surface area contributed by atoms with E-state index in [0.29, 0.717) is 58.4 Å². The van der Waals surface area contributed by atoms with Gasteiger partial charge in [-0.2, -0.15) is 0 Å². The summed E-state index contributed by atoms with van der Waals surface area (Å²) in [6.07, 6.45) is 11.4. The highest BCUT2D eigenvalue weighted by atomic mass is 16.5. The van der Waals surface area contributed by atoms with Gasteiger partial charge in [0.2, 0.25) is 17.7 Å². The molecule has 0 aromatic heterocycles. The first-order chi connectivity index (χ1) is 21.3. The number of fused-ring (bicyclic) bond motifs is 1. The zero-order valence-corrected chi connectivity index (χ0v) is 26.9. The van der Waals surface area contributed by atoms with Crippen molar-refractivity contribution in [2.24, 2.45) is 11.8 Å². The Morgan fingerprint density at radius 3 is 2.34 bits per heavy atom. The van der Waals surface area contributed by atoms with Crippen LogP contribution in [0, 0.1) is 11.8 Å². The molecule has 242 valence electrons. The van der Waals surface area contributed by atoms with Gasteiger partial charge in [-0.05, 0) is 44.1 Å². The fraction of sp³-hybridized carbons (Fsp3) is 0.639. The molecule has 0 radical (unpaired) electrons. The third-order valence-corrected chi connectivity index (χ3v) is 10.1. The van der Waals surface area contributed by atoms with E-state index in [2.05, 4.69) is 20.1 Å². The molecule has 2 bridgehead atoms. The van der Waals surface area contributed by atoms with Crippen LogP contribution in [0.4, 0.5) is 0 Å². The smallest absolute Gasteiger partial charge is 0.248 e. The van der Waals surface area contributed by atoms with Gasteiger partial charge >= 0.3 is 0 Å². The molecule has 3 fully saturated rings. The number of rotatable bonds is 19. The number of aliphatic hydroxyl groups is 1. The number of benzene rings is 1. The number of ether oxygens (including phenoxy) is 1. The van der Waals surface area contributed by atoms with Crippen molar-refractivity contribution < 1.29 is 24.2 Å². The molecule has 5 atom stereocenters. The lowest BCUT2D eigenvalue weighted by molar-refractivity contribution is -0.155. The number of carbonyl (C=O) groups is 3. The Morgan fingerprint density at radius 1 is 0.977 bits per heavy atom. The van der Waals surface area contributed by atoms with Gasteiger partial charge in [0.15, 0.2) is 0 Å². The van der Waals surface area contributed by atoms with Crippen molar-refractivity contribution in [1.29, 1.82) is 0 Å². The SMILES string of the molecule is C=CCN(CCCCC)C(=O)C1N(CCCCCCO)C(=O)[C@@H]2[C@@H](C(=O)N(CC=C)Cc3ccccc3)[C@@]3(CC)CCC12O3. The molecule has 8 nitrogen and oxygen atoms in total. The summed E-state index contributed by atoms with van der Waals surface area (Å²) in [7, 11) is 0. The Hall–Kier alpha value is -2.97. The van der Waals surface area contributed by atoms with Crippen LogP contribution in [0.25, 0.3) is 0 Å². The van der Waals surface area contributed by atoms with E-state index in [0.717, 1.165) is 44.1 Å². The summed E-state index contributed by atoms with van der Waals surface area (Å²) in [5, 5.41) is 9.24. The Bertz CT molecular complexity index is 1160. The maximum atomic E-state index is 14.6. The van der Waals surface area contributed by atoms with Gasteiger partial charge in [0.1, 0.15) is 11.6 Å². The minimum atomic E-state index is -1.04. The van der Waals surface area contributed by atoms with Crippen LogP contribution in [-0.4, -0.2) is 87.6 Å². The van der Waals surface area contributed by atoms with Crippen LogP contribution in [0.5, 0.6) is 0 Å². The maximum Gasteiger partial charge on any atom is 0.248 e. The van der Waals surface area contributed by atoms with Gasteiger partial charge in [0.25, 0.3) is 0 Å². The molecule has 3 saturated heterocycles. The summed E-state index contributed by atoms with van der Waals surface area (Å²) in [5.74, 6) is -1.71. The van der Waals surface area contributed by atoms with E-state index in [1.54, 1.807) is 22.0 Å². The maximum absolute atomic E-state index is 14.6. The van der Waals surface area contributed by atoms with Gasteiger partial charge in [-0.1, -0.05) is 82.0 Å². The third kappa shape index (κ3) is 6.52. The fourth-order valence-corrected chi connectivity index (χ4v) is 7.92. The second-order valence-electron chi connectivity index (χ2n) is 12.8. The first-order valence-electron chi connectivity index (χ1n) is 16.8. The van der Waals surface area contributed by atoms with Crippen molar-refractivity contribution in [1.82, 2.24) is 14.7 Å². The van der Waals surface area contributed by atoms with Crippen molar-refractivity contribution in [3.8, 4) is 0 Å². The number of hydrogen-bond acceptors (Lipinski definition) is 5. The van der Waals surface area contributed by atoms with Gasteiger partial charge in [0, 0.05) is 39.3 Å². The molecule has 0 aliphatic carbocycles. The minimum Gasteiger partial charge on any atom is -0.396 e. The average molecular weight is 608 g/mol. The number of carbonyl (C=O) groups excluding carboxylic acids is 3. The summed E-state index contributed by atoms with van der Waals surface area (Å²) in [4.78, 5) is 49.1. The fourth-order valence-electron chi connectivity index (χ4n) is 7.92. The van der Waals surface area contributed by atoms with E-state index >= 15 is 0 Å². The summed E-state index contributed by atoms with van der Waals surface area (Å²) < 4.78 is 7.02. The molecule has 44 heavy (non-hydrogen) atoms. The van der Waals surface area contributed by atoms with Gasteiger partial charge < -0.3 is 24.5 Å². The Morgan fingerprint density at radius 2 is 1.68 bits per heavy atom. The third-order valence-electron chi connectivity index (χ3n) is 10.1. The van der Waals surface area contributed by atoms with Gasteiger partial charge in [-0.3, -0.25) is 14.4 Å². The molecule has 3 heterocycles. The number of nitrogens with zero attached hydrogens (tertiary/aromatic N) is 3. The highest BCUT2D eigenvalue weighted by Gasteiger charge is 2.79.